The second-order valence-electron chi connectivity index (χ2n) is 8.14. The van der Waals surface area contributed by atoms with Crippen LogP contribution in [0.3, 0.4) is 0 Å². The van der Waals surface area contributed by atoms with Crippen molar-refractivity contribution in [2.45, 2.75) is 38.6 Å². The minimum atomic E-state index is 0.0266. The van der Waals surface area contributed by atoms with Crippen molar-refractivity contribution in [3.63, 3.8) is 0 Å². The van der Waals surface area contributed by atoms with Crippen LogP contribution in [0.4, 0.5) is 0 Å². The molecule has 154 valence electrons. The molecule has 0 saturated heterocycles. The third-order valence-electron chi connectivity index (χ3n) is 6.15. The van der Waals surface area contributed by atoms with E-state index in [1.54, 1.807) is 18.4 Å². The van der Waals surface area contributed by atoms with Crippen LogP contribution in [0.1, 0.15) is 43.0 Å². The fourth-order valence-electron chi connectivity index (χ4n) is 4.35. The van der Waals surface area contributed by atoms with Crippen molar-refractivity contribution in [1.29, 1.82) is 0 Å². The first-order valence-corrected chi connectivity index (χ1v) is 11.3. The highest BCUT2D eigenvalue weighted by Gasteiger charge is 2.23. The number of methoxy groups -OCH3 is 1. The smallest absolute Gasteiger partial charge is 0.251 e. The van der Waals surface area contributed by atoms with Crippen molar-refractivity contribution in [3.05, 3.63) is 54.2 Å². The van der Waals surface area contributed by atoms with Gasteiger partial charge in [0, 0.05) is 23.4 Å². The first-order valence-electron chi connectivity index (χ1n) is 10.5. The zero-order valence-electron chi connectivity index (χ0n) is 17.2. The van der Waals surface area contributed by atoms with E-state index in [-0.39, 0.29) is 11.9 Å². The van der Waals surface area contributed by atoms with Crippen molar-refractivity contribution < 1.29 is 9.53 Å². The number of nitrogens with zero attached hydrogens (tertiary/aromatic N) is 2. The molecule has 0 spiro atoms. The number of aromatic nitrogens is 2. The van der Waals surface area contributed by atoms with Gasteiger partial charge in [0.2, 0.25) is 0 Å². The maximum Gasteiger partial charge on any atom is 0.251 e. The molecule has 0 bridgehead atoms. The van der Waals surface area contributed by atoms with Gasteiger partial charge in [0.05, 0.1) is 23.0 Å². The molecule has 2 atom stereocenters. The molecular weight excluding hydrogens is 394 g/mol. The molecular formula is C24H25N3O2S. The molecule has 6 heteroatoms. The van der Waals surface area contributed by atoms with Crippen molar-refractivity contribution in [3.8, 4) is 17.0 Å². The Kier molecular flexibility index (Phi) is 4.95. The highest BCUT2D eigenvalue weighted by atomic mass is 32.1. The Labute approximate surface area is 179 Å². The molecule has 1 saturated carbocycles. The molecule has 1 N–H and O–H groups in total. The highest BCUT2D eigenvalue weighted by molar-refractivity contribution is 7.23. The lowest BCUT2D eigenvalue weighted by Gasteiger charge is -2.29. The molecule has 5 rings (SSSR count). The average molecular weight is 420 g/mol. The van der Waals surface area contributed by atoms with E-state index in [0.29, 0.717) is 5.92 Å². The normalized spacial score (nSPS) is 19.3. The van der Waals surface area contributed by atoms with Crippen LogP contribution in [0.15, 0.2) is 48.7 Å². The van der Waals surface area contributed by atoms with Crippen LogP contribution in [0.25, 0.3) is 26.4 Å². The summed E-state index contributed by atoms with van der Waals surface area (Å²) < 4.78 is 8.49. The predicted molar refractivity (Wildman–Crippen MR) is 121 cm³/mol. The predicted octanol–water partition coefficient (Wildman–Crippen LogP) is 5.53. The Morgan fingerprint density at radius 3 is 2.90 bits per heavy atom. The zero-order chi connectivity index (χ0) is 20.7. The minimum absolute atomic E-state index is 0.0266. The van der Waals surface area contributed by atoms with Gasteiger partial charge in [-0.05, 0) is 49.1 Å². The number of amides is 1. The van der Waals surface area contributed by atoms with Crippen LogP contribution in [-0.2, 0) is 0 Å². The van der Waals surface area contributed by atoms with Crippen LogP contribution in [0.5, 0.6) is 5.75 Å². The number of hydrogen-bond acceptors (Lipinski definition) is 4. The summed E-state index contributed by atoms with van der Waals surface area (Å²) in [6, 6.07) is 14.1. The van der Waals surface area contributed by atoms with Crippen LogP contribution in [0.2, 0.25) is 0 Å². The first kappa shape index (κ1) is 19.1. The van der Waals surface area contributed by atoms with Gasteiger partial charge >= 0.3 is 0 Å². The number of rotatable bonds is 4. The summed E-state index contributed by atoms with van der Waals surface area (Å²) in [5.41, 5.74) is 3.73. The van der Waals surface area contributed by atoms with Crippen LogP contribution >= 0.6 is 11.3 Å². The quantitative estimate of drug-likeness (QED) is 0.473. The van der Waals surface area contributed by atoms with Crippen LogP contribution < -0.4 is 10.1 Å². The van der Waals surface area contributed by atoms with Crippen LogP contribution in [-0.4, -0.2) is 28.4 Å². The summed E-state index contributed by atoms with van der Waals surface area (Å²) in [6.45, 7) is 2.24. The SMILES string of the molecule is COc1cccc(-c2cn3c(n2)sc2cc(C(=O)N[C@@H]4CCCC[C@H]4C)ccc23)c1. The lowest BCUT2D eigenvalue weighted by Crippen LogP contribution is -2.41. The maximum atomic E-state index is 12.8. The maximum absolute atomic E-state index is 12.8. The van der Waals surface area contributed by atoms with E-state index in [9.17, 15) is 4.79 Å². The van der Waals surface area contributed by atoms with Gasteiger partial charge in [0.1, 0.15) is 5.75 Å². The molecule has 1 aliphatic rings. The molecule has 2 aromatic carbocycles. The van der Waals surface area contributed by atoms with E-state index >= 15 is 0 Å². The van der Waals surface area contributed by atoms with Crippen LogP contribution in [0, 0.1) is 5.92 Å². The second-order valence-corrected chi connectivity index (χ2v) is 9.15. The summed E-state index contributed by atoms with van der Waals surface area (Å²) in [6.07, 6.45) is 6.79. The summed E-state index contributed by atoms with van der Waals surface area (Å²) in [5.74, 6) is 1.39. The summed E-state index contributed by atoms with van der Waals surface area (Å²) in [4.78, 5) is 18.5. The van der Waals surface area contributed by atoms with E-state index in [0.717, 1.165) is 44.2 Å². The first-order chi connectivity index (χ1) is 14.6. The lowest BCUT2D eigenvalue weighted by molar-refractivity contribution is 0.0910. The van der Waals surface area contributed by atoms with Gasteiger partial charge in [-0.15, -0.1) is 0 Å². The van der Waals surface area contributed by atoms with Gasteiger partial charge in [-0.2, -0.15) is 0 Å². The standard InChI is InChI=1S/C24H25N3O2S/c1-15-6-3-4-9-19(15)25-23(28)17-10-11-21-22(13-17)30-24-26-20(14-27(21)24)16-7-5-8-18(12-16)29-2/h5,7-8,10-15,19H,3-4,6,9H2,1-2H3,(H,25,28)/t15-,19-/m1/s1. The third kappa shape index (κ3) is 3.45. The second kappa shape index (κ2) is 7.76. The molecule has 1 aliphatic carbocycles. The number of carbonyl (C=O) groups is 1. The molecule has 4 aromatic rings. The van der Waals surface area contributed by atoms with E-state index in [1.807, 2.05) is 48.7 Å². The van der Waals surface area contributed by atoms with Crippen molar-refractivity contribution in [2.75, 3.05) is 7.11 Å². The van der Waals surface area contributed by atoms with Crippen molar-refractivity contribution in [2.24, 2.45) is 5.92 Å². The van der Waals surface area contributed by atoms with Crippen molar-refractivity contribution in [1.82, 2.24) is 14.7 Å². The summed E-state index contributed by atoms with van der Waals surface area (Å²) in [7, 11) is 1.67. The Bertz CT molecular complexity index is 1230. The van der Waals surface area contributed by atoms with Gasteiger partial charge in [0.25, 0.3) is 5.91 Å². The molecule has 2 aromatic heterocycles. The van der Waals surface area contributed by atoms with Gasteiger partial charge < -0.3 is 10.1 Å². The number of benzene rings is 2. The fourth-order valence-corrected chi connectivity index (χ4v) is 5.39. The van der Waals surface area contributed by atoms with E-state index in [2.05, 4.69) is 16.6 Å². The number of imidazole rings is 1. The monoisotopic (exact) mass is 419 g/mol. The third-order valence-corrected chi connectivity index (χ3v) is 7.17. The largest absolute Gasteiger partial charge is 0.497 e. The van der Waals surface area contributed by atoms with E-state index < -0.39 is 0 Å². The van der Waals surface area contributed by atoms with Gasteiger partial charge in [-0.1, -0.05) is 43.2 Å². The Morgan fingerprint density at radius 2 is 2.07 bits per heavy atom. The Balaban J connectivity index is 1.43. The zero-order valence-corrected chi connectivity index (χ0v) is 18.0. The fraction of sp³-hybridized carbons (Fsp3) is 0.333. The molecule has 30 heavy (non-hydrogen) atoms. The van der Waals surface area contributed by atoms with Gasteiger partial charge in [0.15, 0.2) is 4.96 Å². The molecule has 0 radical (unpaired) electrons. The average Bonchev–Trinajstić information content (AvgIpc) is 3.33. The number of carbonyl (C=O) groups excluding carboxylic acids is 1. The van der Waals surface area contributed by atoms with Gasteiger partial charge in [-0.3, -0.25) is 9.20 Å². The Hall–Kier alpha value is -2.86. The molecule has 1 amide bonds. The molecule has 1 fully saturated rings. The number of thiazole rings is 1. The lowest BCUT2D eigenvalue weighted by atomic mass is 9.86. The molecule has 0 unspecified atom stereocenters. The number of fused-ring (bicyclic) bond motifs is 3. The van der Waals surface area contributed by atoms with Crippen molar-refractivity contribution >= 4 is 32.4 Å². The van der Waals surface area contributed by atoms with Gasteiger partial charge in [-0.25, -0.2) is 4.98 Å². The van der Waals surface area contributed by atoms with E-state index in [4.69, 9.17) is 9.72 Å². The molecule has 2 heterocycles. The number of nitrogens with one attached hydrogen (secondary N) is 1. The Morgan fingerprint density at radius 1 is 1.20 bits per heavy atom. The number of ether oxygens (including phenoxy) is 1. The van der Waals surface area contributed by atoms with E-state index in [1.165, 1.54) is 19.3 Å². The minimum Gasteiger partial charge on any atom is -0.497 e. The summed E-state index contributed by atoms with van der Waals surface area (Å²) >= 11 is 1.61. The topological polar surface area (TPSA) is 55.6 Å². The highest BCUT2D eigenvalue weighted by Crippen LogP contribution is 2.31. The molecule has 0 aliphatic heterocycles. The number of hydrogen-bond donors (Lipinski definition) is 1. The molecule has 5 nitrogen and oxygen atoms in total. The summed E-state index contributed by atoms with van der Waals surface area (Å²) in [5, 5.41) is 3.25.